The van der Waals surface area contributed by atoms with Gasteiger partial charge in [-0.1, -0.05) is 0 Å². The maximum Gasteiger partial charge on any atom is 0.141 e. The van der Waals surface area contributed by atoms with Gasteiger partial charge in [-0.2, -0.15) is 0 Å². The lowest BCUT2D eigenvalue weighted by Gasteiger charge is -2.17. The number of carbonyl (C=O) groups is 1. The molecular weight excluding hydrogens is 142 g/mol. The molecule has 1 aromatic heterocycles. The monoisotopic (exact) mass is 151 g/mol. The van der Waals surface area contributed by atoms with Gasteiger partial charge in [-0.15, -0.1) is 0 Å². The quantitative estimate of drug-likeness (QED) is 0.600. The van der Waals surface area contributed by atoms with Crippen molar-refractivity contribution in [1.82, 2.24) is 5.32 Å². The molecule has 1 unspecified atom stereocenters. The van der Waals surface area contributed by atoms with E-state index in [9.17, 15) is 4.79 Å². The molecule has 0 spiro atoms. The van der Waals surface area contributed by atoms with Crippen molar-refractivity contribution in [2.75, 3.05) is 6.54 Å². The highest BCUT2D eigenvalue weighted by atomic mass is 16.3. The number of nitrogens with one attached hydrogen (secondary N) is 1. The van der Waals surface area contributed by atoms with E-state index in [4.69, 9.17) is 4.42 Å². The first-order valence-electron chi connectivity index (χ1n) is 3.67. The molecule has 3 heteroatoms. The summed E-state index contributed by atoms with van der Waals surface area (Å²) in [7, 11) is 0. The number of aldehydes is 1. The van der Waals surface area contributed by atoms with E-state index < -0.39 is 0 Å². The summed E-state index contributed by atoms with van der Waals surface area (Å²) in [6.07, 6.45) is 3.42. The molecule has 1 N–H and O–H groups in total. The number of carbonyl (C=O) groups excluding carboxylic acids is 1. The minimum Gasteiger partial charge on any atom is -0.469 e. The highest BCUT2D eigenvalue weighted by Crippen LogP contribution is 2.21. The summed E-state index contributed by atoms with van der Waals surface area (Å²) in [6.45, 7) is 0.823. The van der Waals surface area contributed by atoms with Crippen LogP contribution in [0.4, 0.5) is 0 Å². The molecule has 0 aromatic carbocycles. The molecule has 58 valence electrons. The Balaban J connectivity index is 2.39. The minimum atomic E-state index is -0.155. The number of furan rings is 1. The van der Waals surface area contributed by atoms with E-state index in [0.717, 1.165) is 30.6 Å². The van der Waals surface area contributed by atoms with Crippen LogP contribution in [0, 0.1) is 0 Å². The SMILES string of the molecule is O=CC1NCCc2occc21. The third-order valence-electron chi connectivity index (χ3n) is 1.97. The Bertz CT molecular complexity index is 267. The lowest BCUT2D eigenvalue weighted by Crippen LogP contribution is -2.29. The maximum atomic E-state index is 10.5. The molecule has 0 saturated carbocycles. The van der Waals surface area contributed by atoms with E-state index in [2.05, 4.69) is 5.32 Å². The second kappa shape index (κ2) is 2.51. The van der Waals surface area contributed by atoms with Gasteiger partial charge < -0.3 is 14.5 Å². The van der Waals surface area contributed by atoms with Crippen LogP contribution in [-0.4, -0.2) is 12.8 Å². The summed E-state index contributed by atoms with van der Waals surface area (Å²) in [5, 5.41) is 3.08. The lowest BCUT2D eigenvalue weighted by atomic mass is 10.0. The first kappa shape index (κ1) is 6.61. The Kier molecular flexibility index (Phi) is 1.51. The summed E-state index contributed by atoms with van der Waals surface area (Å²) in [4.78, 5) is 10.5. The highest BCUT2D eigenvalue weighted by molar-refractivity contribution is 5.62. The minimum absolute atomic E-state index is 0.155. The lowest BCUT2D eigenvalue weighted by molar-refractivity contribution is -0.109. The molecule has 11 heavy (non-hydrogen) atoms. The average molecular weight is 151 g/mol. The normalized spacial score (nSPS) is 22.7. The van der Waals surface area contributed by atoms with Gasteiger partial charge in [-0.3, -0.25) is 0 Å². The Morgan fingerprint density at radius 2 is 2.64 bits per heavy atom. The molecule has 1 aliphatic heterocycles. The number of hydrogen-bond acceptors (Lipinski definition) is 3. The Hall–Kier alpha value is -1.09. The van der Waals surface area contributed by atoms with Crippen LogP contribution in [0.5, 0.6) is 0 Å². The summed E-state index contributed by atoms with van der Waals surface area (Å²) >= 11 is 0. The zero-order valence-corrected chi connectivity index (χ0v) is 6.04. The molecular formula is C8H9NO2. The fraction of sp³-hybridized carbons (Fsp3) is 0.375. The Labute approximate surface area is 64.4 Å². The van der Waals surface area contributed by atoms with Crippen LogP contribution in [0.15, 0.2) is 16.7 Å². The van der Waals surface area contributed by atoms with E-state index in [1.54, 1.807) is 6.26 Å². The first-order chi connectivity index (χ1) is 5.42. The predicted octanol–water partition coefficient (Wildman–Crippen LogP) is 0.665. The fourth-order valence-corrected chi connectivity index (χ4v) is 1.40. The third-order valence-corrected chi connectivity index (χ3v) is 1.97. The van der Waals surface area contributed by atoms with Crippen molar-refractivity contribution in [3.8, 4) is 0 Å². The standard InChI is InChI=1S/C8H9NO2/c10-5-7-6-2-4-11-8(6)1-3-9-7/h2,4-5,7,9H,1,3H2. The van der Waals surface area contributed by atoms with Crippen LogP contribution in [-0.2, 0) is 11.2 Å². The second-order valence-electron chi connectivity index (χ2n) is 2.62. The van der Waals surface area contributed by atoms with Crippen LogP contribution in [0.2, 0.25) is 0 Å². The van der Waals surface area contributed by atoms with Crippen molar-refractivity contribution in [3.05, 3.63) is 23.7 Å². The van der Waals surface area contributed by atoms with Crippen LogP contribution in [0.25, 0.3) is 0 Å². The van der Waals surface area contributed by atoms with Crippen LogP contribution < -0.4 is 5.32 Å². The van der Waals surface area contributed by atoms with E-state index in [1.165, 1.54) is 0 Å². The summed E-state index contributed by atoms with van der Waals surface area (Å²) in [5.41, 5.74) is 0.992. The van der Waals surface area contributed by atoms with Crippen molar-refractivity contribution in [2.45, 2.75) is 12.5 Å². The van der Waals surface area contributed by atoms with Gasteiger partial charge in [0.25, 0.3) is 0 Å². The van der Waals surface area contributed by atoms with Crippen molar-refractivity contribution in [3.63, 3.8) is 0 Å². The van der Waals surface area contributed by atoms with Crippen LogP contribution in [0.3, 0.4) is 0 Å². The van der Waals surface area contributed by atoms with Crippen molar-refractivity contribution < 1.29 is 9.21 Å². The second-order valence-corrected chi connectivity index (χ2v) is 2.62. The molecule has 0 fully saturated rings. The molecule has 3 nitrogen and oxygen atoms in total. The molecule has 2 rings (SSSR count). The zero-order chi connectivity index (χ0) is 7.68. The fourth-order valence-electron chi connectivity index (χ4n) is 1.40. The molecule has 0 aliphatic carbocycles. The molecule has 1 atom stereocenters. The van der Waals surface area contributed by atoms with Gasteiger partial charge in [0.2, 0.25) is 0 Å². The average Bonchev–Trinajstić information content (AvgIpc) is 2.50. The van der Waals surface area contributed by atoms with Gasteiger partial charge in [-0.05, 0) is 6.07 Å². The van der Waals surface area contributed by atoms with Gasteiger partial charge >= 0.3 is 0 Å². The number of rotatable bonds is 1. The van der Waals surface area contributed by atoms with Gasteiger partial charge in [0.15, 0.2) is 0 Å². The van der Waals surface area contributed by atoms with Gasteiger partial charge in [-0.25, -0.2) is 0 Å². The molecule has 0 amide bonds. The molecule has 0 radical (unpaired) electrons. The van der Waals surface area contributed by atoms with Gasteiger partial charge in [0, 0.05) is 18.5 Å². The largest absolute Gasteiger partial charge is 0.469 e. The first-order valence-corrected chi connectivity index (χ1v) is 3.67. The highest BCUT2D eigenvalue weighted by Gasteiger charge is 2.20. The van der Waals surface area contributed by atoms with Crippen molar-refractivity contribution >= 4 is 6.29 Å². The van der Waals surface area contributed by atoms with Crippen molar-refractivity contribution in [2.24, 2.45) is 0 Å². The Morgan fingerprint density at radius 3 is 3.45 bits per heavy atom. The predicted molar refractivity (Wildman–Crippen MR) is 39.2 cm³/mol. The van der Waals surface area contributed by atoms with Gasteiger partial charge in [0.1, 0.15) is 12.0 Å². The van der Waals surface area contributed by atoms with E-state index in [0.29, 0.717) is 0 Å². The van der Waals surface area contributed by atoms with Crippen LogP contribution >= 0.6 is 0 Å². The van der Waals surface area contributed by atoms with Crippen molar-refractivity contribution in [1.29, 1.82) is 0 Å². The topological polar surface area (TPSA) is 42.2 Å². The Morgan fingerprint density at radius 1 is 1.73 bits per heavy atom. The summed E-state index contributed by atoms with van der Waals surface area (Å²) < 4.78 is 5.19. The molecule has 1 aliphatic rings. The molecule has 0 bridgehead atoms. The number of fused-ring (bicyclic) bond motifs is 1. The maximum absolute atomic E-state index is 10.5. The van der Waals surface area contributed by atoms with Gasteiger partial charge in [0.05, 0.1) is 12.3 Å². The van der Waals surface area contributed by atoms with E-state index >= 15 is 0 Å². The van der Waals surface area contributed by atoms with Crippen LogP contribution in [0.1, 0.15) is 17.4 Å². The third kappa shape index (κ3) is 0.973. The number of hydrogen-bond donors (Lipinski definition) is 1. The molecule has 1 aromatic rings. The van der Waals surface area contributed by atoms with E-state index in [-0.39, 0.29) is 6.04 Å². The molecule has 2 heterocycles. The zero-order valence-electron chi connectivity index (χ0n) is 6.04. The summed E-state index contributed by atoms with van der Waals surface area (Å²) in [5.74, 6) is 0.945. The smallest absolute Gasteiger partial charge is 0.141 e. The molecule has 0 saturated heterocycles. The van der Waals surface area contributed by atoms with E-state index in [1.807, 2.05) is 6.07 Å². The summed E-state index contributed by atoms with van der Waals surface area (Å²) in [6, 6.07) is 1.69.